The fraction of sp³-hybridized carbons (Fsp3) is 1.00. The Morgan fingerprint density at radius 1 is 1.38 bits per heavy atom. The van der Waals surface area contributed by atoms with E-state index in [0.29, 0.717) is 12.0 Å². The molecule has 1 aliphatic heterocycles. The van der Waals surface area contributed by atoms with Crippen LogP contribution in [-0.4, -0.2) is 30.1 Å². The van der Waals surface area contributed by atoms with Crippen molar-refractivity contribution in [3.05, 3.63) is 0 Å². The molecular formula is C11H22N2. The molecule has 1 aliphatic carbocycles. The van der Waals surface area contributed by atoms with Gasteiger partial charge in [0.15, 0.2) is 0 Å². The van der Waals surface area contributed by atoms with E-state index < -0.39 is 0 Å². The third kappa shape index (κ3) is 1.89. The number of nitrogens with zero attached hydrogens (tertiary/aromatic N) is 1. The lowest BCUT2D eigenvalue weighted by atomic mass is 10.1. The van der Waals surface area contributed by atoms with E-state index >= 15 is 0 Å². The Kier molecular flexibility index (Phi) is 2.61. The molecule has 2 N–H and O–H groups in total. The van der Waals surface area contributed by atoms with Gasteiger partial charge in [0.1, 0.15) is 0 Å². The van der Waals surface area contributed by atoms with Crippen molar-refractivity contribution in [1.82, 2.24) is 4.90 Å². The third-order valence-corrected chi connectivity index (χ3v) is 3.75. The molecule has 2 heteroatoms. The summed E-state index contributed by atoms with van der Waals surface area (Å²) >= 11 is 0. The van der Waals surface area contributed by atoms with Gasteiger partial charge in [0.05, 0.1) is 0 Å². The van der Waals surface area contributed by atoms with Crippen molar-refractivity contribution in [3.8, 4) is 0 Å². The summed E-state index contributed by atoms with van der Waals surface area (Å²) in [6.07, 6.45) is 4.22. The summed E-state index contributed by atoms with van der Waals surface area (Å²) in [6.45, 7) is 6.97. The summed E-state index contributed by atoms with van der Waals surface area (Å²) < 4.78 is 0. The van der Waals surface area contributed by atoms with Gasteiger partial charge in [-0.25, -0.2) is 0 Å². The van der Waals surface area contributed by atoms with Crippen molar-refractivity contribution in [2.24, 2.45) is 17.6 Å². The molecule has 2 fully saturated rings. The van der Waals surface area contributed by atoms with E-state index in [1.165, 1.54) is 25.8 Å². The van der Waals surface area contributed by atoms with E-state index in [-0.39, 0.29) is 0 Å². The van der Waals surface area contributed by atoms with Gasteiger partial charge in [-0.2, -0.15) is 0 Å². The smallest absolute Gasteiger partial charge is 0.0206 e. The van der Waals surface area contributed by atoms with Gasteiger partial charge in [0.25, 0.3) is 0 Å². The molecule has 2 rings (SSSR count). The van der Waals surface area contributed by atoms with Gasteiger partial charge >= 0.3 is 0 Å². The molecule has 1 saturated carbocycles. The predicted octanol–water partition coefficient (Wildman–Crippen LogP) is 1.45. The molecular weight excluding hydrogens is 160 g/mol. The molecule has 0 aromatic carbocycles. The summed E-state index contributed by atoms with van der Waals surface area (Å²) in [5.41, 5.74) is 6.04. The molecule has 0 aromatic rings. The van der Waals surface area contributed by atoms with Crippen molar-refractivity contribution in [2.45, 2.75) is 45.2 Å². The first-order valence-corrected chi connectivity index (χ1v) is 5.72. The summed E-state index contributed by atoms with van der Waals surface area (Å²) in [6, 6.07) is 1.27. The second-order valence-electron chi connectivity index (χ2n) is 4.91. The summed E-state index contributed by atoms with van der Waals surface area (Å²) in [5, 5.41) is 0. The van der Waals surface area contributed by atoms with Crippen LogP contribution in [-0.2, 0) is 0 Å². The van der Waals surface area contributed by atoms with Crippen LogP contribution in [0.3, 0.4) is 0 Å². The van der Waals surface area contributed by atoms with E-state index in [2.05, 4.69) is 18.7 Å². The van der Waals surface area contributed by atoms with E-state index in [4.69, 9.17) is 5.73 Å². The van der Waals surface area contributed by atoms with Crippen LogP contribution in [0, 0.1) is 11.8 Å². The Morgan fingerprint density at radius 2 is 2.08 bits per heavy atom. The fourth-order valence-electron chi connectivity index (χ4n) is 2.67. The van der Waals surface area contributed by atoms with Crippen LogP contribution in [0.5, 0.6) is 0 Å². The lowest BCUT2D eigenvalue weighted by Gasteiger charge is -2.26. The minimum atomic E-state index is 0.424. The molecule has 2 nitrogen and oxygen atoms in total. The van der Waals surface area contributed by atoms with Crippen LogP contribution < -0.4 is 5.73 Å². The number of rotatable bonds is 3. The van der Waals surface area contributed by atoms with E-state index in [1.807, 2.05) is 0 Å². The van der Waals surface area contributed by atoms with Gasteiger partial charge in [-0.15, -0.1) is 0 Å². The number of likely N-dealkylation sites (tertiary alicyclic amines) is 1. The monoisotopic (exact) mass is 182 g/mol. The quantitative estimate of drug-likeness (QED) is 0.716. The molecule has 3 unspecified atom stereocenters. The first kappa shape index (κ1) is 9.47. The molecule has 0 spiro atoms. The lowest BCUT2D eigenvalue weighted by Crippen LogP contribution is -2.36. The molecule has 0 radical (unpaired) electrons. The second-order valence-corrected chi connectivity index (χ2v) is 4.91. The van der Waals surface area contributed by atoms with Gasteiger partial charge in [-0.1, -0.05) is 13.8 Å². The highest BCUT2D eigenvalue weighted by atomic mass is 15.2. The Balaban J connectivity index is 1.92. The maximum atomic E-state index is 6.04. The minimum Gasteiger partial charge on any atom is -0.326 e. The maximum Gasteiger partial charge on any atom is 0.0206 e. The highest BCUT2D eigenvalue weighted by molar-refractivity contribution is 4.93. The first-order chi connectivity index (χ1) is 6.22. The average Bonchev–Trinajstić information content (AvgIpc) is 2.84. The highest BCUT2D eigenvalue weighted by Crippen LogP contribution is 2.38. The van der Waals surface area contributed by atoms with Gasteiger partial charge < -0.3 is 5.73 Å². The Labute approximate surface area is 81.5 Å². The number of hydrogen-bond donors (Lipinski definition) is 1. The first-order valence-electron chi connectivity index (χ1n) is 5.72. The van der Waals surface area contributed by atoms with Crippen molar-refractivity contribution in [2.75, 3.05) is 13.1 Å². The van der Waals surface area contributed by atoms with Crippen LogP contribution in [0.25, 0.3) is 0 Å². The van der Waals surface area contributed by atoms with Crippen LogP contribution in [0.2, 0.25) is 0 Å². The van der Waals surface area contributed by atoms with E-state index in [9.17, 15) is 0 Å². The number of hydrogen-bond acceptors (Lipinski definition) is 2. The van der Waals surface area contributed by atoms with Gasteiger partial charge in [0, 0.05) is 25.2 Å². The topological polar surface area (TPSA) is 29.3 Å². The summed E-state index contributed by atoms with van der Waals surface area (Å²) in [4.78, 5) is 2.63. The van der Waals surface area contributed by atoms with Crippen molar-refractivity contribution in [3.63, 3.8) is 0 Å². The second kappa shape index (κ2) is 3.58. The van der Waals surface area contributed by atoms with Gasteiger partial charge in [-0.05, 0) is 31.1 Å². The molecule has 13 heavy (non-hydrogen) atoms. The number of nitrogens with two attached hydrogens (primary N) is 1. The average molecular weight is 182 g/mol. The van der Waals surface area contributed by atoms with E-state index in [1.54, 1.807) is 0 Å². The largest absolute Gasteiger partial charge is 0.326 e. The predicted molar refractivity (Wildman–Crippen MR) is 55.5 cm³/mol. The highest BCUT2D eigenvalue weighted by Gasteiger charge is 2.38. The molecule has 0 aromatic heterocycles. The van der Waals surface area contributed by atoms with Gasteiger partial charge in [0.2, 0.25) is 0 Å². The molecule has 2 aliphatic rings. The molecule has 76 valence electrons. The Bertz CT molecular complexity index is 167. The Morgan fingerprint density at radius 3 is 2.46 bits per heavy atom. The van der Waals surface area contributed by atoms with Gasteiger partial charge in [-0.3, -0.25) is 4.90 Å². The summed E-state index contributed by atoms with van der Waals surface area (Å²) in [5.74, 6) is 1.70. The lowest BCUT2D eigenvalue weighted by molar-refractivity contribution is 0.205. The summed E-state index contributed by atoms with van der Waals surface area (Å²) in [7, 11) is 0. The SMILES string of the molecule is CCC(C1CC1)N1CC(C)C(N)C1. The zero-order chi connectivity index (χ0) is 9.42. The standard InChI is InChI=1S/C11H22N2/c1-3-11(9-4-5-9)13-6-8(2)10(12)7-13/h8-11H,3-7,12H2,1-2H3. The maximum absolute atomic E-state index is 6.04. The van der Waals surface area contributed by atoms with Crippen molar-refractivity contribution in [1.29, 1.82) is 0 Å². The van der Waals surface area contributed by atoms with Crippen LogP contribution in [0.1, 0.15) is 33.1 Å². The molecule has 0 bridgehead atoms. The molecule has 1 saturated heterocycles. The third-order valence-electron chi connectivity index (χ3n) is 3.75. The zero-order valence-electron chi connectivity index (χ0n) is 8.87. The van der Waals surface area contributed by atoms with Crippen molar-refractivity contribution >= 4 is 0 Å². The van der Waals surface area contributed by atoms with Crippen LogP contribution in [0.15, 0.2) is 0 Å². The molecule has 3 atom stereocenters. The minimum absolute atomic E-state index is 0.424. The molecule has 1 heterocycles. The van der Waals surface area contributed by atoms with Crippen molar-refractivity contribution < 1.29 is 0 Å². The normalized spacial score (nSPS) is 38.1. The van der Waals surface area contributed by atoms with E-state index in [0.717, 1.165) is 18.5 Å². The molecule has 0 amide bonds. The zero-order valence-corrected chi connectivity index (χ0v) is 8.87. The fourth-order valence-corrected chi connectivity index (χ4v) is 2.67. The Hall–Kier alpha value is -0.0800. The van der Waals surface area contributed by atoms with Crippen LogP contribution >= 0.6 is 0 Å². The van der Waals surface area contributed by atoms with Crippen LogP contribution in [0.4, 0.5) is 0 Å².